The Kier molecular flexibility index (Phi) is 6.07. The van der Waals surface area contributed by atoms with E-state index in [4.69, 9.17) is 4.74 Å². The van der Waals surface area contributed by atoms with Gasteiger partial charge in [-0.05, 0) is 26.0 Å². The number of rotatable bonds is 6. The molecule has 1 aliphatic heterocycles. The van der Waals surface area contributed by atoms with Crippen LogP contribution in [0.1, 0.15) is 19.4 Å². The number of nitrogens with one attached hydrogen (secondary N) is 1. The summed E-state index contributed by atoms with van der Waals surface area (Å²) in [5.41, 5.74) is -0.0847. The highest BCUT2D eigenvalue weighted by atomic mass is 32.2. The van der Waals surface area contributed by atoms with Crippen molar-refractivity contribution >= 4 is 10.0 Å². The molecule has 23 heavy (non-hydrogen) atoms. The molecule has 1 saturated heterocycles. The Bertz CT molecular complexity index is 609. The average molecular weight is 348 g/mol. The second-order valence-electron chi connectivity index (χ2n) is 5.77. The van der Waals surface area contributed by atoms with Gasteiger partial charge in [0.1, 0.15) is 11.6 Å². The Balaban J connectivity index is 1.85. The molecule has 2 rings (SSSR count). The largest absolute Gasteiger partial charge is 0.373 e. The zero-order valence-electron chi connectivity index (χ0n) is 13.3. The summed E-state index contributed by atoms with van der Waals surface area (Å²) < 4.78 is 58.5. The molecule has 1 aromatic rings. The lowest BCUT2D eigenvalue weighted by molar-refractivity contribution is -0.0440. The maximum atomic E-state index is 13.5. The number of nitrogens with zero attached hydrogens (tertiary/aromatic N) is 1. The fourth-order valence-electron chi connectivity index (χ4n) is 2.60. The quantitative estimate of drug-likeness (QED) is 0.792. The van der Waals surface area contributed by atoms with Crippen LogP contribution in [0.25, 0.3) is 0 Å². The second-order valence-corrected chi connectivity index (χ2v) is 7.86. The molecule has 2 atom stereocenters. The van der Waals surface area contributed by atoms with Gasteiger partial charge in [-0.2, -0.15) is 4.31 Å². The minimum atomic E-state index is -3.42. The zero-order valence-corrected chi connectivity index (χ0v) is 14.1. The van der Waals surface area contributed by atoms with Crippen molar-refractivity contribution in [3.8, 4) is 0 Å². The molecule has 1 N–H and O–H groups in total. The molecule has 1 aromatic carbocycles. The molecule has 0 aromatic heterocycles. The van der Waals surface area contributed by atoms with Gasteiger partial charge in [-0.25, -0.2) is 17.2 Å². The maximum absolute atomic E-state index is 13.5. The second kappa shape index (κ2) is 7.65. The van der Waals surface area contributed by atoms with Gasteiger partial charge in [0.05, 0.1) is 18.0 Å². The summed E-state index contributed by atoms with van der Waals surface area (Å²) in [6.07, 6.45) is -0.289. The fourth-order valence-corrected chi connectivity index (χ4v) is 4.14. The third kappa shape index (κ3) is 4.94. The first-order chi connectivity index (χ1) is 10.8. The van der Waals surface area contributed by atoms with Crippen molar-refractivity contribution in [2.75, 3.05) is 25.4 Å². The zero-order chi connectivity index (χ0) is 17.0. The van der Waals surface area contributed by atoms with Gasteiger partial charge < -0.3 is 10.1 Å². The van der Waals surface area contributed by atoms with E-state index in [1.54, 1.807) is 0 Å². The Morgan fingerprint density at radius 2 is 1.78 bits per heavy atom. The summed E-state index contributed by atoms with van der Waals surface area (Å²) in [5.74, 6) is -1.41. The van der Waals surface area contributed by atoms with Gasteiger partial charge in [-0.15, -0.1) is 0 Å². The highest BCUT2D eigenvalue weighted by Crippen LogP contribution is 2.15. The van der Waals surface area contributed by atoms with Crippen molar-refractivity contribution in [1.82, 2.24) is 9.62 Å². The molecule has 0 saturated carbocycles. The summed E-state index contributed by atoms with van der Waals surface area (Å²) in [6.45, 7) is 4.39. The van der Waals surface area contributed by atoms with Crippen LogP contribution in [0.4, 0.5) is 8.78 Å². The number of morpholine rings is 1. The molecule has 1 fully saturated rings. The topological polar surface area (TPSA) is 58.6 Å². The summed E-state index contributed by atoms with van der Waals surface area (Å²) in [7, 11) is -3.42. The lowest BCUT2D eigenvalue weighted by atomic mass is 10.2. The molecule has 8 heteroatoms. The van der Waals surface area contributed by atoms with Crippen LogP contribution in [-0.4, -0.2) is 50.3 Å². The van der Waals surface area contributed by atoms with Crippen LogP contribution >= 0.6 is 0 Å². The van der Waals surface area contributed by atoms with Crippen molar-refractivity contribution < 1.29 is 21.9 Å². The van der Waals surface area contributed by atoms with Crippen LogP contribution in [0.3, 0.4) is 0 Å². The van der Waals surface area contributed by atoms with E-state index in [0.29, 0.717) is 13.1 Å². The Morgan fingerprint density at radius 3 is 2.35 bits per heavy atom. The van der Waals surface area contributed by atoms with E-state index in [-0.39, 0.29) is 36.6 Å². The van der Waals surface area contributed by atoms with E-state index in [9.17, 15) is 17.2 Å². The van der Waals surface area contributed by atoms with Crippen molar-refractivity contribution in [3.63, 3.8) is 0 Å². The lowest BCUT2D eigenvalue weighted by Gasteiger charge is -2.34. The molecule has 2 unspecified atom stereocenters. The van der Waals surface area contributed by atoms with Crippen LogP contribution in [0.2, 0.25) is 0 Å². The first-order valence-corrected chi connectivity index (χ1v) is 9.17. The number of hydrogen-bond acceptors (Lipinski definition) is 4. The predicted molar refractivity (Wildman–Crippen MR) is 83.4 cm³/mol. The van der Waals surface area contributed by atoms with Crippen LogP contribution in [0, 0.1) is 11.6 Å². The molecule has 0 amide bonds. The van der Waals surface area contributed by atoms with Crippen molar-refractivity contribution in [2.24, 2.45) is 0 Å². The molecular weight excluding hydrogens is 326 g/mol. The molecule has 0 aliphatic carbocycles. The number of sulfonamides is 1. The minimum absolute atomic E-state index is 0.0516. The molecule has 130 valence electrons. The van der Waals surface area contributed by atoms with Gasteiger partial charge in [0.25, 0.3) is 0 Å². The molecule has 1 aliphatic rings. The van der Waals surface area contributed by atoms with E-state index in [2.05, 4.69) is 5.32 Å². The van der Waals surface area contributed by atoms with Gasteiger partial charge in [0.15, 0.2) is 0 Å². The summed E-state index contributed by atoms with van der Waals surface area (Å²) in [4.78, 5) is 0. The van der Waals surface area contributed by atoms with E-state index >= 15 is 0 Å². The molecule has 0 spiro atoms. The molecule has 1 heterocycles. The number of ether oxygens (including phenoxy) is 1. The lowest BCUT2D eigenvalue weighted by Crippen LogP contribution is -2.49. The third-order valence-electron chi connectivity index (χ3n) is 3.68. The summed E-state index contributed by atoms with van der Waals surface area (Å²) in [6, 6.07) is 3.64. The van der Waals surface area contributed by atoms with E-state index < -0.39 is 21.7 Å². The number of halogens is 2. The van der Waals surface area contributed by atoms with Crippen LogP contribution in [-0.2, 0) is 21.3 Å². The van der Waals surface area contributed by atoms with Gasteiger partial charge >= 0.3 is 0 Å². The van der Waals surface area contributed by atoms with Gasteiger partial charge in [-0.1, -0.05) is 6.07 Å². The van der Waals surface area contributed by atoms with Crippen LogP contribution in [0.15, 0.2) is 18.2 Å². The van der Waals surface area contributed by atoms with Gasteiger partial charge in [-0.3, -0.25) is 0 Å². The smallest absolute Gasteiger partial charge is 0.215 e. The number of hydrogen-bond donors (Lipinski definition) is 1. The highest BCUT2D eigenvalue weighted by Gasteiger charge is 2.30. The predicted octanol–water partition coefficient (Wildman–Crippen LogP) is 1.49. The Hall–Kier alpha value is -1.09. The SMILES string of the molecule is CC1CN(S(=O)(=O)CCNCc2c(F)cccc2F)CC(C)O1. The molecular formula is C15H22F2N2O3S. The van der Waals surface area contributed by atoms with Crippen LogP contribution < -0.4 is 5.32 Å². The maximum Gasteiger partial charge on any atom is 0.215 e. The van der Waals surface area contributed by atoms with E-state index in [1.807, 2.05) is 13.8 Å². The normalized spacial score (nSPS) is 23.1. The van der Waals surface area contributed by atoms with Crippen molar-refractivity contribution in [2.45, 2.75) is 32.6 Å². The van der Waals surface area contributed by atoms with Crippen LogP contribution in [0.5, 0.6) is 0 Å². The summed E-state index contributed by atoms with van der Waals surface area (Å²) >= 11 is 0. The molecule has 5 nitrogen and oxygen atoms in total. The van der Waals surface area contributed by atoms with Crippen molar-refractivity contribution in [1.29, 1.82) is 0 Å². The minimum Gasteiger partial charge on any atom is -0.373 e. The first kappa shape index (κ1) is 18.3. The number of benzene rings is 1. The fraction of sp³-hybridized carbons (Fsp3) is 0.600. The average Bonchev–Trinajstić information content (AvgIpc) is 2.45. The van der Waals surface area contributed by atoms with E-state index in [1.165, 1.54) is 22.5 Å². The molecule has 0 radical (unpaired) electrons. The highest BCUT2D eigenvalue weighted by molar-refractivity contribution is 7.89. The third-order valence-corrected chi connectivity index (χ3v) is 5.48. The standard InChI is InChI=1S/C15H22F2N2O3S/c1-11-9-19(10-12(2)22-11)23(20,21)7-6-18-8-13-14(16)4-3-5-15(13)17/h3-5,11-12,18H,6-10H2,1-2H3. The Morgan fingerprint density at radius 1 is 1.22 bits per heavy atom. The van der Waals surface area contributed by atoms with Gasteiger partial charge in [0, 0.05) is 31.7 Å². The first-order valence-electron chi connectivity index (χ1n) is 7.56. The Labute approximate surface area is 135 Å². The summed E-state index contributed by atoms with van der Waals surface area (Å²) in [5, 5.41) is 2.78. The monoisotopic (exact) mass is 348 g/mol. The molecule has 0 bridgehead atoms. The van der Waals surface area contributed by atoms with E-state index in [0.717, 1.165) is 0 Å². The van der Waals surface area contributed by atoms with Gasteiger partial charge in [0.2, 0.25) is 10.0 Å². The van der Waals surface area contributed by atoms with Crippen molar-refractivity contribution in [3.05, 3.63) is 35.4 Å².